The van der Waals surface area contributed by atoms with E-state index in [0.29, 0.717) is 5.76 Å². The number of anilines is 2. The van der Waals surface area contributed by atoms with E-state index in [0.717, 1.165) is 4.90 Å². The summed E-state index contributed by atoms with van der Waals surface area (Å²) in [5.74, 6) is -2.61. The first-order valence-electron chi connectivity index (χ1n) is 8.44. The van der Waals surface area contributed by atoms with E-state index in [1.54, 1.807) is 6.92 Å². The lowest BCUT2D eigenvalue weighted by Crippen LogP contribution is -2.29. The Kier molecular flexibility index (Phi) is 4.19. The third-order valence-corrected chi connectivity index (χ3v) is 4.35. The summed E-state index contributed by atoms with van der Waals surface area (Å²) in [6.07, 6.45) is 0. The van der Waals surface area contributed by atoms with Crippen LogP contribution in [0.25, 0.3) is 0 Å². The summed E-state index contributed by atoms with van der Waals surface area (Å²) in [4.78, 5) is 49.6. The molecule has 3 amide bonds. The van der Waals surface area contributed by atoms with Gasteiger partial charge in [0.15, 0.2) is 5.82 Å². The van der Waals surface area contributed by atoms with E-state index in [-0.39, 0.29) is 33.8 Å². The monoisotopic (exact) mass is 390 g/mol. The fraction of sp³-hybridized carbons (Fsp3) is 0.0500. The van der Waals surface area contributed by atoms with Crippen molar-refractivity contribution in [3.8, 4) is 0 Å². The number of nitrogens with one attached hydrogen (secondary N) is 1. The van der Waals surface area contributed by atoms with Gasteiger partial charge in [0.25, 0.3) is 17.7 Å². The van der Waals surface area contributed by atoms with Gasteiger partial charge < -0.3 is 19.7 Å². The second-order valence-corrected chi connectivity index (χ2v) is 6.32. The van der Waals surface area contributed by atoms with Crippen molar-refractivity contribution in [2.75, 3.05) is 10.2 Å². The van der Waals surface area contributed by atoms with Crippen molar-refractivity contribution < 1.29 is 28.8 Å². The lowest BCUT2D eigenvalue weighted by molar-refractivity contribution is -0.255. The number of carboxylic acid groups (broad SMARTS) is 1. The number of nitrogens with zero attached hydrogens (tertiary/aromatic N) is 2. The number of fused-ring (bicyclic) bond motifs is 1. The van der Waals surface area contributed by atoms with E-state index in [1.807, 2.05) is 0 Å². The second kappa shape index (κ2) is 6.71. The van der Waals surface area contributed by atoms with Crippen LogP contribution in [0.2, 0.25) is 0 Å². The first-order valence-corrected chi connectivity index (χ1v) is 8.44. The highest BCUT2D eigenvalue weighted by atomic mass is 16.5. The Bertz CT molecular complexity index is 1200. The lowest BCUT2D eigenvalue weighted by atomic mass is 10.1. The molecule has 9 heteroatoms. The number of rotatable bonds is 4. The minimum atomic E-state index is -1.37. The van der Waals surface area contributed by atoms with Gasteiger partial charge in [0, 0.05) is 17.3 Å². The largest absolute Gasteiger partial charge is 0.545 e. The third-order valence-electron chi connectivity index (χ3n) is 4.35. The van der Waals surface area contributed by atoms with Gasteiger partial charge in [-0.1, -0.05) is 17.3 Å². The van der Waals surface area contributed by atoms with E-state index in [4.69, 9.17) is 4.52 Å². The van der Waals surface area contributed by atoms with Crippen LogP contribution < -0.4 is 15.3 Å². The molecular weight excluding hydrogens is 378 g/mol. The summed E-state index contributed by atoms with van der Waals surface area (Å²) in [5.41, 5.74) is 0.496. The molecule has 29 heavy (non-hydrogen) atoms. The summed E-state index contributed by atoms with van der Waals surface area (Å²) in [6.45, 7) is 1.63. The highest BCUT2D eigenvalue weighted by molar-refractivity contribution is 6.34. The van der Waals surface area contributed by atoms with Crippen LogP contribution in [-0.4, -0.2) is 28.8 Å². The number of aromatic carboxylic acids is 1. The molecule has 0 fully saturated rings. The molecule has 2 heterocycles. The van der Waals surface area contributed by atoms with E-state index < -0.39 is 23.7 Å². The van der Waals surface area contributed by atoms with Gasteiger partial charge in [-0.3, -0.25) is 14.4 Å². The zero-order valence-corrected chi connectivity index (χ0v) is 15.0. The standard InChI is InChI=1S/C20H13N3O6/c1-10-7-16(22-29-10)23-18(25)14-6-5-11(9-15(14)19(23)26)17(24)21-13-4-2-3-12(8-13)20(27)28/h2-9H,1H3,(H,21,24)(H,27,28)/p-1. The van der Waals surface area contributed by atoms with Crippen molar-refractivity contribution in [3.63, 3.8) is 0 Å². The normalized spacial score (nSPS) is 12.8. The van der Waals surface area contributed by atoms with Crippen molar-refractivity contribution >= 4 is 35.2 Å². The van der Waals surface area contributed by atoms with Crippen LogP contribution in [0.15, 0.2) is 53.1 Å². The molecule has 0 atom stereocenters. The maximum atomic E-state index is 12.7. The van der Waals surface area contributed by atoms with Crippen molar-refractivity contribution in [2.24, 2.45) is 0 Å². The Balaban J connectivity index is 1.61. The summed E-state index contributed by atoms with van der Waals surface area (Å²) < 4.78 is 4.92. The van der Waals surface area contributed by atoms with Crippen LogP contribution in [-0.2, 0) is 0 Å². The molecule has 3 aromatic rings. The van der Waals surface area contributed by atoms with E-state index in [1.165, 1.54) is 48.5 Å². The Morgan fingerprint density at radius 2 is 1.76 bits per heavy atom. The van der Waals surface area contributed by atoms with Crippen LogP contribution >= 0.6 is 0 Å². The molecule has 0 saturated carbocycles. The third kappa shape index (κ3) is 3.14. The molecule has 144 valence electrons. The average Bonchev–Trinajstić information content (AvgIpc) is 3.22. The molecule has 9 nitrogen and oxygen atoms in total. The number of imide groups is 1. The summed E-state index contributed by atoms with van der Waals surface area (Å²) >= 11 is 0. The predicted molar refractivity (Wildman–Crippen MR) is 97.5 cm³/mol. The van der Waals surface area contributed by atoms with Gasteiger partial charge in [-0.25, -0.2) is 4.90 Å². The Morgan fingerprint density at radius 1 is 1.00 bits per heavy atom. The van der Waals surface area contributed by atoms with Gasteiger partial charge in [-0.2, -0.15) is 0 Å². The number of hydrogen-bond acceptors (Lipinski definition) is 7. The minimum absolute atomic E-state index is 0.0618. The van der Waals surface area contributed by atoms with Gasteiger partial charge in [0.1, 0.15) is 5.76 Å². The first kappa shape index (κ1) is 18.1. The summed E-state index contributed by atoms with van der Waals surface area (Å²) in [5, 5.41) is 17.2. The molecule has 2 aromatic carbocycles. The van der Waals surface area contributed by atoms with Crippen molar-refractivity contribution in [1.29, 1.82) is 0 Å². The number of amides is 3. The molecule has 0 aliphatic carbocycles. The Hall–Kier alpha value is -4.27. The summed E-state index contributed by atoms with van der Waals surface area (Å²) in [7, 11) is 0. The molecule has 1 N–H and O–H groups in total. The van der Waals surface area contributed by atoms with Crippen molar-refractivity contribution in [1.82, 2.24) is 5.16 Å². The number of carbonyl (C=O) groups is 4. The topological polar surface area (TPSA) is 133 Å². The highest BCUT2D eigenvalue weighted by Crippen LogP contribution is 2.29. The average molecular weight is 390 g/mol. The van der Waals surface area contributed by atoms with E-state index in [9.17, 15) is 24.3 Å². The minimum Gasteiger partial charge on any atom is -0.545 e. The van der Waals surface area contributed by atoms with Crippen molar-refractivity contribution in [2.45, 2.75) is 6.92 Å². The van der Waals surface area contributed by atoms with Gasteiger partial charge in [-0.05, 0) is 42.8 Å². The lowest BCUT2D eigenvalue weighted by Gasteiger charge is -2.08. The Morgan fingerprint density at radius 3 is 2.45 bits per heavy atom. The smallest absolute Gasteiger partial charge is 0.267 e. The number of aryl methyl sites for hydroxylation is 1. The maximum Gasteiger partial charge on any atom is 0.267 e. The van der Waals surface area contributed by atoms with Crippen molar-refractivity contribution in [3.05, 3.63) is 76.5 Å². The number of hydrogen-bond donors (Lipinski definition) is 1. The molecule has 0 saturated heterocycles. The maximum absolute atomic E-state index is 12.7. The Labute approximate surface area is 163 Å². The second-order valence-electron chi connectivity index (χ2n) is 6.32. The molecule has 1 aliphatic heterocycles. The molecule has 0 bridgehead atoms. The van der Waals surface area contributed by atoms with Gasteiger partial charge in [0.2, 0.25) is 0 Å². The zero-order chi connectivity index (χ0) is 20.7. The fourth-order valence-corrected chi connectivity index (χ4v) is 2.98. The highest BCUT2D eigenvalue weighted by Gasteiger charge is 2.38. The van der Waals surface area contributed by atoms with E-state index >= 15 is 0 Å². The van der Waals surface area contributed by atoms with Gasteiger partial charge in [-0.15, -0.1) is 0 Å². The predicted octanol–water partition coefficient (Wildman–Crippen LogP) is 1.40. The number of benzene rings is 2. The number of carbonyl (C=O) groups excluding carboxylic acids is 4. The molecule has 0 radical (unpaired) electrons. The van der Waals surface area contributed by atoms with Gasteiger partial charge >= 0.3 is 0 Å². The molecule has 1 aliphatic rings. The fourth-order valence-electron chi connectivity index (χ4n) is 2.98. The molecule has 4 rings (SSSR count). The quantitative estimate of drug-likeness (QED) is 0.666. The SMILES string of the molecule is Cc1cc(N2C(=O)c3ccc(C(=O)Nc4cccc(C(=O)[O-])c4)cc3C2=O)no1. The molecule has 0 unspecified atom stereocenters. The molecular formula is C20H12N3O6-. The van der Waals surface area contributed by atoms with Crippen LogP contribution in [0.5, 0.6) is 0 Å². The van der Waals surface area contributed by atoms with Crippen LogP contribution in [0.1, 0.15) is 47.2 Å². The van der Waals surface area contributed by atoms with Crippen LogP contribution in [0.3, 0.4) is 0 Å². The number of carboxylic acids is 1. The first-order chi connectivity index (χ1) is 13.8. The van der Waals surface area contributed by atoms with Gasteiger partial charge in [0.05, 0.1) is 17.1 Å². The van der Waals surface area contributed by atoms with E-state index in [2.05, 4.69) is 10.5 Å². The molecule has 0 spiro atoms. The zero-order valence-electron chi connectivity index (χ0n) is 15.0. The van der Waals surface area contributed by atoms with Crippen LogP contribution in [0.4, 0.5) is 11.5 Å². The summed E-state index contributed by atoms with van der Waals surface area (Å²) in [6, 6.07) is 11.1. The molecule has 1 aromatic heterocycles. The van der Waals surface area contributed by atoms with Crippen LogP contribution in [0, 0.1) is 6.92 Å². The number of aromatic nitrogens is 1.